The lowest BCUT2D eigenvalue weighted by molar-refractivity contribution is 0.654. The number of hydrogen-bond donors (Lipinski definition) is 0. The van der Waals surface area contributed by atoms with Crippen molar-refractivity contribution in [2.24, 2.45) is 11.8 Å². The predicted molar refractivity (Wildman–Crippen MR) is 80.0 cm³/mol. The molecule has 0 fully saturated rings. The molecule has 0 rings (SSSR count). The first kappa shape index (κ1) is 16.4. The molecule has 0 radical (unpaired) electrons. The maximum atomic E-state index is 2.38. The van der Waals surface area contributed by atoms with Crippen LogP contribution in [-0.2, 0) is 0 Å². The van der Waals surface area contributed by atoms with Gasteiger partial charge in [0.2, 0.25) is 0 Å². The van der Waals surface area contributed by atoms with E-state index >= 15 is 0 Å². The van der Waals surface area contributed by atoms with Crippen LogP contribution >= 0.6 is 7.92 Å². The minimum Gasteiger partial charge on any atom is -0.106 e. The van der Waals surface area contributed by atoms with E-state index in [-0.39, 0.29) is 0 Å². The van der Waals surface area contributed by atoms with Gasteiger partial charge in [-0.3, -0.25) is 0 Å². The van der Waals surface area contributed by atoms with Crippen molar-refractivity contribution in [3.05, 3.63) is 0 Å². The van der Waals surface area contributed by atoms with Gasteiger partial charge in [-0.1, -0.05) is 60.3 Å². The van der Waals surface area contributed by atoms with Crippen LogP contribution in [0.1, 0.15) is 66.7 Å². The van der Waals surface area contributed by atoms with Gasteiger partial charge in [0, 0.05) is 0 Å². The Morgan fingerprint density at radius 1 is 0.750 bits per heavy atom. The minimum atomic E-state index is 0.340. The van der Waals surface area contributed by atoms with E-state index in [0.29, 0.717) is 7.92 Å². The SMILES string of the molecule is CCCCCCCP(CC(C)C)CC(C)C. The van der Waals surface area contributed by atoms with Gasteiger partial charge in [-0.2, -0.15) is 0 Å². The van der Waals surface area contributed by atoms with Crippen molar-refractivity contribution in [1.82, 2.24) is 0 Å². The van der Waals surface area contributed by atoms with Gasteiger partial charge in [-0.25, -0.2) is 0 Å². The van der Waals surface area contributed by atoms with Gasteiger partial charge < -0.3 is 0 Å². The monoisotopic (exact) mass is 244 g/mol. The highest BCUT2D eigenvalue weighted by molar-refractivity contribution is 7.57. The van der Waals surface area contributed by atoms with Crippen LogP contribution in [0.3, 0.4) is 0 Å². The van der Waals surface area contributed by atoms with Crippen LogP contribution in [0.4, 0.5) is 0 Å². The molecule has 0 nitrogen and oxygen atoms in total. The Morgan fingerprint density at radius 3 is 1.69 bits per heavy atom. The standard InChI is InChI=1S/C15H33P/c1-6-7-8-9-10-11-16(12-14(2)3)13-15(4)5/h14-15H,6-13H2,1-5H3. The Bertz CT molecular complexity index is 130. The van der Waals surface area contributed by atoms with Crippen molar-refractivity contribution >= 4 is 7.92 Å². The molecule has 0 N–H and O–H groups in total. The van der Waals surface area contributed by atoms with Gasteiger partial charge in [0.25, 0.3) is 0 Å². The number of hydrogen-bond acceptors (Lipinski definition) is 0. The normalized spacial score (nSPS) is 12.0. The number of rotatable bonds is 10. The molecule has 0 atom stereocenters. The zero-order valence-electron chi connectivity index (χ0n) is 12.3. The fourth-order valence-electron chi connectivity index (χ4n) is 2.23. The molecule has 0 aliphatic heterocycles. The van der Waals surface area contributed by atoms with Crippen LogP contribution in [-0.4, -0.2) is 18.5 Å². The molecule has 0 aliphatic carbocycles. The molecule has 0 aromatic carbocycles. The average molecular weight is 244 g/mol. The van der Waals surface area contributed by atoms with Gasteiger partial charge in [0.1, 0.15) is 0 Å². The fourth-order valence-corrected chi connectivity index (χ4v) is 5.48. The molecule has 0 unspecified atom stereocenters. The Morgan fingerprint density at radius 2 is 1.25 bits per heavy atom. The van der Waals surface area contributed by atoms with Gasteiger partial charge in [0.15, 0.2) is 0 Å². The van der Waals surface area contributed by atoms with E-state index in [1.807, 2.05) is 0 Å². The molecular weight excluding hydrogens is 211 g/mol. The zero-order chi connectivity index (χ0) is 12.4. The second-order valence-electron chi connectivity index (χ2n) is 5.96. The van der Waals surface area contributed by atoms with E-state index in [9.17, 15) is 0 Å². The van der Waals surface area contributed by atoms with Crippen molar-refractivity contribution in [2.75, 3.05) is 18.5 Å². The molecule has 0 aromatic rings. The summed E-state index contributed by atoms with van der Waals surface area (Å²) in [5.41, 5.74) is 0. The highest BCUT2D eigenvalue weighted by atomic mass is 31.1. The molecule has 0 amide bonds. The third kappa shape index (κ3) is 10.9. The predicted octanol–water partition coefficient (Wildman–Crippen LogP) is 5.75. The second kappa shape index (κ2) is 10.6. The summed E-state index contributed by atoms with van der Waals surface area (Å²) < 4.78 is 0. The van der Waals surface area contributed by atoms with E-state index in [2.05, 4.69) is 34.6 Å². The lowest BCUT2D eigenvalue weighted by atomic mass is 10.2. The van der Waals surface area contributed by atoms with Crippen molar-refractivity contribution < 1.29 is 0 Å². The summed E-state index contributed by atoms with van der Waals surface area (Å²) >= 11 is 0. The van der Waals surface area contributed by atoms with Crippen molar-refractivity contribution in [3.63, 3.8) is 0 Å². The summed E-state index contributed by atoms with van der Waals surface area (Å²) in [6, 6.07) is 0. The molecule has 1 heteroatoms. The Balaban J connectivity index is 3.65. The smallest absolute Gasteiger partial charge is 0.0303 e. The van der Waals surface area contributed by atoms with Gasteiger partial charge in [0.05, 0.1) is 0 Å². The summed E-state index contributed by atoms with van der Waals surface area (Å²) in [7, 11) is 0.340. The summed E-state index contributed by atoms with van der Waals surface area (Å²) in [5, 5.41) is 0. The molecule has 0 saturated heterocycles. The van der Waals surface area contributed by atoms with Gasteiger partial charge in [-0.15, -0.1) is 7.92 Å². The largest absolute Gasteiger partial charge is 0.106 e. The lowest BCUT2D eigenvalue weighted by Crippen LogP contribution is -2.05. The first-order chi connectivity index (χ1) is 7.56. The molecule has 0 bridgehead atoms. The molecule has 0 saturated carbocycles. The maximum Gasteiger partial charge on any atom is -0.0303 e. The van der Waals surface area contributed by atoms with Crippen molar-refractivity contribution in [2.45, 2.75) is 66.7 Å². The van der Waals surface area contributed by atoms with E-state index in [4.69, 9.17) is 0 Å². The Hall–Kier alpha value is 0.430. The summed E-state index contributed by atoms with van der Waals surface area (Å²) in [6.45, 7) is 11.8. The topological polar surface area (TPSA) is 0 Å². The van der Waals surface area contributed by atoms with Gasteiger partial charge >= 0.3 is 0 Å². The average Bonchev–Trinajstić information content (AvgIpc) is 2.15. The first-order valence-electron chi connectivity index (χ1n) is 7.28. The third-order valence-electron chi connectivity index (χ3n) is 2.82. The molecule has 0 aliphatic rings. The van der Waals surface area contributed by atoms with E-state index < -0.39 is 0 Å². The van der Waals surface area contributed by atoms with Gasteiger partial charge in [-0.05, 0) is 36.7 Å². The first-order valence-corrected chi connectivity index (χ1v) is 9.18. The molecule has 0 aromatic heterocycles. The second-order valence-corrected chi connectivity index (χ2v) is 8.48. The van der Waals surface area contributed by atoms with E-state index in [0.717, 1.165) is 11.8 Å². The van der Waals surface area contributed by atoms with Crippen LogP contribution < -0.4 is 0 Å². The molecule has 16 heavy (non-hydrogen) atoms. The minimum absolute atomic E-state index is 0.340. The van der Waals surface area contributed by atoms with Crippen LogP contribution in [0.2, 0.25) is 0 Å². The molecule has 98 valence electrons. The van der Waals surface area contributed by atoms with Crippen LogP contribution in [0.25, 0.3) is 0 Å². The maximum absolute atomic E-state index is 2.38. The van der Waals surface area contributed by atoms with Crippen LogP contribution in [0, 0.1) is 11.8 Å². The molecule has 0 heterocycles. The van der Waals surface area contributed by atoms with E-state index in [1.165, 1.54) is 50.6 Å². The van der Waals surface area contributed by atoms with Crippen LogP contribution in [0.15, 0.2) is 0 Å². The Labute approximate surface area is 105 Å². The third-order valence-corrected chi connectivity index (χ3v) is 6.27. The summed E-state index contributed by atoms with van der Waals surface area (Å²) in [4.78, 5) is 0. The Kier molecular flexibility index (Phi) is 10.9. The van der Waals surface area contributed by atoms with Crippen molar-refractivity contribution in [3.8, 4) is 0 Å². The number of unbranched alkanes of at least 4 members (excludes halogenated alkanes) is 4. The highest BCUT2D eigenvalue weighted by Crippen LogP contribution is 2.40. The van der Waals surface area contributed by atoms with Crippen molar-refractivity contribution in [1.29, 1.82) is 0 Å². The highest BCUT2D eigenvalue weighted by Gasteiger charge is 2.11. The lowest BCUT2D eigenvalue weighted by Gasteiger charge is -2.21. The summed E-state index contributed by atoms with van der Waals surface area (Å²) in [6.07, 6.45) is 11.8. The molecular formula is C15H33P. The fraction of sp³-hybridized carbons (Fsp3) is 1.00. The van der Waals surface area contributed by atoms with Crippen LogP contribution in [0.5, 0.6) is 0 Å². The molecule has 0 spiro atoms. The quantitative estimate of drug-likeness (QED) is 0.339. The summed E-state index contributed by atoms with van der Waals surface area (Å²) in [5.74, 6) is 1.81. The zero-order valence-corrected chi connectivity index (χ0v) is 13.2. The van der Waals surface area contributed by atoms with E-state index in [1.54, 1.807) is 0 Å².